The van der Waals surface area contributed by atoms with Crippen LogP contribution in [0.3, 0.4) is 0 Å². The van der Waals surface area contributed by atoms with E-state index in [2.05, 4.69) is 0 Å². The summed E-state index contributed by atoms with van der Waals surface area (Å²) in [5.74, 6) is -0.115. The molecule has 1 aromatic heterocycles. The van der Waals surface area contributed by atoms with Gasteiger partial charge in [0.2, 0.25) is 15.9 Å². The Hall–Kier alpha value is -3.24. The van der Waals surface area contributed by atoms with Gasteiger partial charge in [-0.15, -0.1) is 0 Å². The zero-order valence-electron chi connectivity index (χ0n) is 18.0. The molecule has 0 atom stereocenters. The van der Waals surface area contributed by atoms with Crippen LogP contribution in [-0.4, -0.2) is 47.8 Å². The molecule has 3 heterocycles. The molecule has 2 aliphatic heterocycles. The number of carbonyl (C=O) groups excluding carboxylic acids is 1. The second-order valence-corrected chi connectivity index (χ2v) is 10.4. The molecule has 1 fully saturated rings. The van der Waals surface area contributed by atoms with Gasteiger partial charge in [0.25, 0.3) is 5.69 Å². The number of non-ortho nitro benzene ring substituents is 1. The summed E-state index contributed by atoms with van der Waals surface area (Å²) < 4.78 is 29.3. The van der Waals surface area contributed by atoms with Crippen LogP contribution in [0.1, 0.15) is 24.8 Å². The summed E-state index contributed by atoms with van der Waals surface area (Å²) in [6.07, 6.45) is 5.17. The number of nitrogens with zero attached hydrogens (tertiary/aromatic N) is 4. The van der Waals surface area contributed by atoms with Crippen molar-refractivity contribution in [2.75, 3.05) is 24.5 Å². The first-order valence-electron chi connectivity index (χ1n) is 11.0. The molecule has 0 aliphatic carbocycles. The second kappa shape index (κ2) is 8.27. The van der Waals surface area contributed by atoms with E-state index in [0.29, 0.717) is 31.4 Å². The molecule has 1 amide bonds. The van der Waals surface area contributed by atoms with Crippen molar-refractivity contribution >= 4 is 38.2 Å². The highest BCUT2D eigenvalue weighted by molar-refractivity contribution is 7.89. The summed E-state index contributed by atoms with van der Waals surface area (Å²) in [5, 5.41) is 11.7. The first-order valence-corrected chi connectivity index (χ1v) is 12.5. The predicted molar refractivity (Wildman–Crippen MR) is 124 cm³/mol. The van der Waals surface area contributed by atoms with Gasteiger partial charge < -0.3 is 9.47 Å². The zero-order valence-corrected chi connectivity index (χ0v) is 18.8. The smallest absolute Gasteiger partial charge is 0.270 e. The number of nitro groups is 1. The number of fused-ring (bicyclic) bond motifs is 2. The van der Waals surface area contributed by atoms with Crippen LogP contribution in [0.15, 0.2) is 53.6 Å². The third kappa shape index (κ3) is 3.89. The molecule has 5 rings (SSSR count). The van der Waals surface area contributed by atoms with E-state index in [4.69, 9.17) is 0 Å². The monoisotopic (exact) mass is 468 g/mol. The Morgan fingerprint density at radius 3 is 2.55 bits per heavy atom. The fourth-order valence-corrected chi connectivity index (χ4v) is 6.29. The number of benzene rings is 2. The summed E-state index contributed by atoms with van der Waals surface area (Å²) in [6.45, 7) is 1.69. The number of anilines is 1. The lowest BCUT2D eigenvalue weighted by Crippen LogP contribution is -2.35. The van der Waals surface area contributed by atoms with Crippen LogP contribution >= 0.6 is 0 Å². The highest BCUT2D eigenvalue weighted by atomic mass is 32.2. The highest BCUT2D eigenvalue weighted by Crippen LogP contribution is 2.32. The standard InChI is InChI=1S/C23H24N4O5S/c28-23(16-24-12-8-17-14-19(27(29)30)4-6-21(17)24)26-13-9-18-15-20(5-7-22(18)26)33(31,32)25-10-2-1-3-11-25/h4-8,12,14-15H,1-3,9-11,13,16H2. The van der Waals surface area contributed by atoms with Gasteiger partial charge in [0.15, 0.2) is 0 Å². The van der Waals surface area contributed by atoms with Gasteiger partial charge in [-0.25, -0.2) is 8.42 Å². The lowest BCUT2D eigenvalue weighted by molar-refractivity contribution is -0.384. The Morgan fingerprint density at radius 1 is 1.00 bits per heavy atom. The van der Waals surface area contributed by atoms with Crippen LogP contribution in [0.25, 0.3) is 10.9 Å². The van der Waals surface area contributed by atoms with Gasteiger partial charge >= 0.3 is 0 Å². The molecule has 0 spiro atoms. The lowest BCUT2D eigenvalue weighted by Gasteiger charge is -2.26. The van der Waals surface area contributed by atoms with Gasteiger partial charge in [-0.2, -0.15) is 4.31 Å². The minimum absolute atomic E-state index is 0.00959. The Bertz CT molecular complexity index is 1360. The Kier molecular flexibility index (Phi) is 5.41. The number of carbonyl (C=O) groups is 1. The lowest BCUT2D eigenvalue weighted by atomic mass is 10.2. The van der Waals surface area contributed by atoms with Gasteiger partial charge in [0, 0.05) is 54.6 Å². The maximum absolute atomic E-state index is 13.1. The normalized spacial score (nSPS) is 16.8. The molecule has 1 saturated heterocycles. The molecule has 172 valence electrons. The first kappa shape index (κ1) is 21.6. The number of amides is 1. The van der Waals surface area contributed by atoms with Crippen molar-refractivity contribution < 1.29 is 18.1 Å². The van der Waals surface area contributed by atoms with E-state index in [1.165, 1.54) is 12.1 Å². The first-order chi connectivity index (χ1) is 15.8. The van der Waals surface area contributed by atoms with Gasteiger partial charge in [0.1, 0.15) is 6.54 Å². The average molecular weight is 469 g/mol. The van der Waals surface area contributed by atoms with Crippen LogP contribution in [0, 0.1) is 10.1 Å². The van der Waals surface area contributed by atoms with Crippen molar-refractivity contribution in [2.45, 2.75) is 37.1 Å². The molecular formula is C23H24N4O5S. The van der Waals surface area contributed by atoms with Crippen LogP contribution in [0.2, 0.25) is 0 Å². The number of nitro benzene ring substituents is 1. The largest absolute Gasteiger partial charge is 0.338 e. The van der Waals surface area contributed by atoms with Crippen molar-refractivity contribution in [3.63, 3.8) is 0 Å². The van der Waals surface area contributed by atoms with Crippen molar-refractivity contribution in [3.8, 4) is 0 Å². The molecule has 9 nitrogen and oxygen atoms in total. The fourth-order valence-electron chi connectivity index (χ4n) is 4.72. The van der Waals surface area contributed by atoms with Crippen molar-refractivity contribution in [3.05, 3.63) is 64.3 Å². The quantitative estimate of drug-likeness (QED) is 0.422. The van der Waals surface area contributed by atoms with Gasteiger partial charge in [0.05, 0.1) is 9.82 Å². The number of rotatable bonds is 5. The predicted octanol–water partition coefficient (Wildman–Crippen LogP) is 3.31. The molecule has 33 heavy (non-hydrogen) atoms. The molecular weight excluding hydrogens is 444 g/mol. The minimum atomic E-state index is -3.52. The van der Waals surface area contributed by atoms with Gasteiger partial charge in [-0.05, 0) is 55.2 Å². The third-order valence-electron chi connectivity index (χ3n) is 6.47. The Morgan fingerprint density at radius 2 is 1.79 bits per heavy atom. The van der Waals surface area contributed by atoms with E-state index in [9.17, 15) is 23.3 Å². The molecule has 0 unspecified atom stereocenters. The number of sulfonamides is 1. The van der Waals surface area contributed by atoms with E-state index in [-0.39, 0.29) is 23.0 Å². The van der Waals surface area contributed by atoms with Crippen LogP contribution < -0.4 is 4.90 Å². The van der Waals surface area contributed by atoms with Crippen LogP contribution in [-0.2, 0) is 27.8 Å². The van der Waals surface area contributed by atoms with Gasteiger partial charge in [-0.3, -0.25) is 14.9 Å². The topological polar surface area (TPSA) is 106 Å². The van der Waals surface area contributed by atoms with Gasteiger partial charge in [-0.1, -0.05) is 6.42 Å². The van der Waals surface area contributed by atoms with Crippen molar-refractivity contribution in [1.29, 1.82) is 0 Å². The maximum atomic E-state index is 13.1. The average Bonchev–Trinajstić information content (AvgIpc) is 3.43. The molecule has 2 aromatic carbocycles. The van der Waals surface area contributed by atoms with Crippen LogP contribution in [0.5, 0.6) is 0 Å². The third-order valence-corrected chi connectivity index (χ3v) is 8.37. The molecule has 0 bridgehead atoms. The van der Waals surface area contributed by atoms with E-state index >= 15 is 0 Å². The summed E-state index contributed by atoms with van der Waals surface area (Å²) in [4.78, 5) is 25.6. The summed E-state index contributed by atoms with van der Waals surface area (Å²) in [5.41, 5.74) is 2.35. The van der Waals surface area contributed by atoms with E-state index < -0.39 is 14.9 Å². The van der Waals surface area contributed by atoms with E-state index in [1.54, 1.807) is 50.3 Å². The number of hydrogen-bond donors (Lipinski definition) is 0. The molecule has 0 radical (unpaired) electrons. The Balaban J connectivity index is 1.36. The van der Waals surface area contributed by atoms with Crippen molar-refractivity contribution in [1.82, 2.24) is 8.87 Å². The molecule has 2 aliphatic rings. The molecule has 0 N–H and O–H groups in total. The summed E-state index contributed by atoms with van der Waals surface area (Å²) in [7, 11) is -3.52. The molecule has 10 heteroatoms. The highest BCUT2D eigenvalue weighted by Gasteiger charge is 2.30. The molecule has 0 saturated carbocycles. The fraction of sp³-hybridized carbons (Fsp3) is 0.348. The maximum Gasteiger partial charge on any atom is 0.270 e. The van der Waals surface area contributed by atoms with E-state index in [0.717, 1.165) is 36.0 Å². The summed E-state index contributed by atoms with van der Waals surface area (Å²) >= 11 is 0. The zero-order chi connectivity index (χ0) is 23.2. The van der Waals surface area contributed by atoms with E-state index in [1.807, 2.05) is 0 Å². The minimum Gasteiger partial charge on any atom is -0.338 e. The Labute approximate surface area is 191 Å². The second-order valence-electron chi connectivity index (χ2n) is 8.49. The number of aromatic nitrogens is 1. The number of hydrogen-bond acceptors (Lipinski definition) is 5. The van der Waals surface area contributed by atoms with Crippen molar-refractivity contribution in [2.24, 2.45) is 0 Å². The SMILES string of the molecule is O=C(Cn1ccc2cc([N+](=O)[O-])ccc21)N1CCc2cc(S(=O)(=O)N3CCCCC3)ccc21. The molecule has 3 aromatic rings. The number of piperidine rings is 1. The van der Waals surface area contributed by atoms with Crippen LogP contribution in [0.4, 0.5) is 11.4 Å². The summed E-state index contributed by atoms with van der Waals surface area (Å²) in [6, 6.07) is 11.4.